The number of benzene rings is 1. The Morgan fingerprint density at radius 2 is 2.22 bits per heavy atom. The van der Waals surface area contributed by atoms with Crippen LogP contribution in [0.3, 0.4) is 0 Å². The number of thiophene rings is 1. The Morgan fingerprint density at radius 1 is 1.33 bits per heavy atom. The summed E-state index contributed by atoms with van der Waals surface area (Å²) in [5.41, 5.74) is 0.986. The maximum absolute atomic E-state index is 11.6. The maximum Gasteiger partial charge on any atom is 0.244 e. The standard InChI is InChI=1S/C14H12ClNOS/c15-12-4-1-3-11(9-12)10-16-14(17)7-6-13-5-2-8-18-13/h1-9H,10H2,(H,16,17)/b7-6+. The van der Waals surface area contributed by atoms with Gasteiger partial charge in [-0.25, -0.2) is 0 Å². The molecule has 2 rings (SSSR count). The molecule has 1 N–H and O–H groups in total. The van der Waals surface area contributed by atoms with Crippen LogP contribution in [-0.4, -0.2) is 5.91 Å². The van der Waals surface area contributed by atoms with Gasteiger partial charge in [0, 0.05) is 22.5 Å². The van der Waals surface area contributed by atoms with Crippen LogP contribution in [0.4, 0.5) is 0 Å². The molecule has 1 amide bonds. The van der Waals surface area contributed by atoms with E-state index in [0.29, 0.717) is 11.6 Å². The van der Waals surface area contributed by atoms with E-state index in [1.54, 1.807) is 17.4 Å². The molecule has 0 aliphatic carbocycles. The Morgan fingerprint density at radius 3 is 2.94 bits per heavy atom. The van der Waals surface area contributed by atoms with E-state index in [2.05, 4.69) is 5.32 Å². The summed E-state index contributed by atoms with van der Waals surface area (Å²) in [5.74, 6) is -0.108. The Balaban J connectivity index is 1.85. The normalized spacial score (nSPS) is 10.7. The first-order chi connectivity index (χ1) is 8.74. The Labute approximate surface area is 115 Å². The van der Waals surface area contributed by atoms with E-state index in [-0.39, 0.29) is 5.91 Å². The van der Waals surface area contributed by atoms with Crippen LogP contribution < -0.4 is 5.32 Å². The molecule has 0 spiro atoms. The summed E-state index contributed by atoms with van der Waals surface area (Å²) >= 11 is 7.46. The van der Waals surface area contributed by atoms with Crippen molar-refractivity contribution in [3.8, 4) is 0 Å². The average molecular weight is 278 g/mol. The van der Waals surface area contributed by atoms with Crippen molar-refractivity contribution in [2.75, 3.05) is 0 Å². The highest BCUT2D eigenvalue weighted by Gasteiger charge is 1.97. The predicted octanol–water partition coefficient (Wildman–Crippen LogP) is 3.73. The average Bonchev–Trinajstić information content (AvgIpc) is 2.87. The van der Waals surface area contributed by atoms with Gasteiger partial charge in [0.1, 0.15) is 0 Å². The molecule has 0 bridgehead atoms. The number of carbonyl (C=O) groups excluding carboxylic acids is 1. The molecular weight excluding hydrogens is 266 g/mol. The number of rotatable bonds is 4. The third-order valence-electron chi connectivity index (χ3n) is 2.30. The Hall–Kier alpha value is -1.58. The quantitative estimate of drug-likeness (QED) is 0.848. The molecule has 0 aliphatic rings. The zero-order valence-electron chi connectivity index (χ0n) is 9.60. The van der Waals surface area contributed by atoms with Crippen LogP contribution in [0.2, 0.25) is 5.02 Å². The first kappa shape index (κ1) is 12.9. The Bertz CT molecular complexity index is 549. The molecule has 0 fully saturated rings. The fourth-order valence-electron chi connectivity index (χ4n) is 1.44. The van der Waals surface area contributed by atoms with Gasteiger partial charge in [-0.05, 0) is 35.2 Å². The van der Waals surface area contributed by atoms with E-state index in [0.717, 1.165) is 10.4 Å². The van der Waals surface area contributed by atoms with Crippen molar-refractivity contribution in [3.05, 3.63) is 63.3 Å². The summed E-state index contributed by atoms with van der Waals surface area (Å²) in [5, 5.41) is 5.46. The smallest absolute Gasteiger partial charge is 0.244 e. The molecule has 0 unspecified atom stereocenters. The number of halogens is 1. The molecule has 18 heavy (non-hydrogen) atoms. The largest absolute Gasteiger partial charge is 0.348 e. The van der Waals surface area contributed by atoms with Crippen LogP contribution in [-0.2, 0) is 11.3 Å². The zero-order chi connectivity index (χ0) is 12.8. The molecular formula is C14H12ClNOS. The van der Waals surface area contributed by atoms with Crippen LogP contribution in [0.15, 0.2) is 47.9 Å². The first-order valence-electron chi connectivity index (χ1n) is 5.48. The van der Waals surface area contributed by atoms with E-state index in [9.17, 15) is 4.79 Å². The monoisotopic (exact) mass is 277 g/mol. The van der Waals surface area contributed by atoms with Crippen LogP contribution in [0, 0.1) is 0 Å². The van der Waals surface area contributed by atoms with Gasteiger partial charge in [0.2, 0.25) is 5.91 Å². The van der Waals surface area contributed by atoms with Gasteiger partial charge in [-0.2, -0.15) is 0 Å². The van der Waals surface area contributed by atoms with Crippen LogP contribution in [0.25, 0.3) is 6.08 Å². The lowest BCUT2D eigenvalue weighted by molar-refractivity contribution is -0.116. The number of hydrogen-bond acceptors (Lipinski definition) is 2. The lowest BCUT2D eigenvalue weighted by Gasteiger charge is -2.02. The third kappa shape index (κ3) is 4.02. The Kier molecular flexibility index (Phi) is 4.56. The van der Waals surface area contributed by atoms with Gasteiger partial charge in [0.05, 0.1) is 0 Å². The second kappa shape index (κ2) is 6.38. The summed E-state index contributed by atoms with van der Waals surface area (Å²) in [6.07, 6.45) is 3.34. The summed E-state index contributed by atoms with van der Waals surface area (Å²) in [4.78, 5) is 12.6. The van der Waals surface area contributed by atoms with E-state index in [1.165, 1.54) is 6.08 Å². The second-order valence-corrected chi connectivity index (χ2v) is 5.11. The van der Waals surface area contributed by atoms with Crippen molar-refractivity contribution in [1.29, 1.82) is 0 Å². The molecule has 2 aromatic rings. The third-order valence-corrected chi connectivity index (χ3v) is 3.37. The van der Waals surface area contributed by atoms with Crippen molar-refractivity contribution in [2.24, 2.45) is 0 Å². The summed E-state index contributed by atoms with van der Waals surface area (Å²) in [7, 11) is 0. The molecule has 4 heteroatoms. The second-order valence-electron chi connectivity index (χ2n) is 3.70. The number of hydrogen-bond donors (Lipinski definition) is 1. The lowest BCUT2D eigenvalue weighted by Crippen LogP contribution is -2.20. The number of nitrogens with one attached hydrogen (secondary N) is 1. The molecule has 2 nitrogen and oxygen atoms in total. The van der Waals surface area contributed by atoms with Gasteiger partial charge in [0.25, 0.3) is 0 Å². The van der Waals surface area contributed by atoms with Gasteiger partial charge in [-0.3, -0.25) is 4.79 Å². The predicted molar refractivity (Wildman–Crippen MR) is 76.7 cm³/mol. The molecule has 1 aromatic heterocycles. The van der Waals surface area contributed by atoms with E-state index in [4.69, 9.17) is 11.6 Å². The summed E-state index contributed by atoms with van der Waals surface area (Å²) in [6, 6.07) is 11.4. The highest BCUT2D eigenvalue weighted by molar-refractivity contribution is 7.10. The van der Waals surface area contributed by atoms with E-state index >= 15 is 0 Å². The van der Waals surface area contributed by atoms with E-state index < -0.39 is 0 Å². The molecule has 0 radical (unpaired) electrons. The topological polar surface area (TPSA) is 29.1 Å². The van der Waals surface area contributed by atoms with Gasteiger partial charge in [0.15, 0.2) is 0 Å². The highest BCUT2D eigenvalue weighted by atomic mass is 35.5. The minimum atomic E-state index is -0.108. The SMILES string of the molecule is O=C(/C=C/c1cccs1)NCc1cccc(Cl)c1. The molecule has 0 saturated heterocycles. The van der Waals surface area contributed by atoms with Gasteiger partial charge < -0.3 is 5.32 Å². The minimum absolute atomic E-state index is 0.108. The van der Waals surface area contributed by atoms with Crippen molar-refractivity contribution in [1.82, 2.24) is 5.32 Å². The van der Waals surface area contributed by atoms with Crippen molar-refractivity contribution < 1.29 is 4.79 Å². The van der Waals surface area contributed by atoms with Crippen LogP contribution in [0.5, 0.6) is 0 Å². The van der Waals surface area contributed by atoms with Crippen molar-refractivity contribution >= 4 is 34.9 Å². The number of carbonyl (C=O) groups is 1. The minimum Gasteiger partial charge on any atom is -0.348 e. The molecule has 0 aliphatic heterocycles. The highest BCUT2D eigenvalue weighted by Crippen LogP contribution is 2.11. The zero-order valence-corrected chi connectivity index (χ0v) is 11.2. The molecule has 1 heterocycles. The van der Waals surface area contributed by atoms with Crippen LogP contribution in [0.1, 0.15) is 10.4 Å². The fraction of sp³-hybridized carbons (Fsp3) is 0.0714. The molecule has 92 valence electrons. The van der Waals surface area contributed by atoms with Crippen LogP contribution >= 0.6 is 22.9 Å². The van der Waals surface area contributed by atoms with E-state index in [1.807, 2.05) is 41.8 Å². The van der Waals surface area contributed by atoms with Gasteiger partial charge in [-0.1, -0.05) is 29.8 Å². The summed E-state index contributed by atoms with van der Waals surface area (Å²) in [6.45, 7) is 0.480. The molecule has 0 atom stereocenters. The van der Waals surface area contributed by atoms with Gasteiger partial charge in [-0.15, -0.1) is 11.3 Å². The van der Waals surface area contributed by atoms with Gasteiger partial charge >= 0.3 is 0 Å². The lowest BCUT2D eigenvalue weighted by atomic mass is 10.2. The number of amides is 1. The first-order valence-corrected chi connectivity index (χ1v) is 6.74. The van der Waals surface area contributed by atoms with Crippen molar-refractivity contribution in [3.63, 3.8) is 0 Å². The maximum atomic E-state index is 11.6. The fourth-order valence-corrected chi connectivity index (χ4v) is 2.27. The summed E-state index contributed by atoms with van der Waals surface area (Å²) < 4.78 is 0. The van der Waals surface area contributed by atoms with Crippen molar-refractivity contribution in [2.45, 2.75) is 6.54 Å². The molecule has 0 saturated carbocycles. The molecule has 1 aromatic carbocycles.